The summed E-state index contributed by atoms with van der Waals surface area (Å²) in [6.07, 6.45) is 9.41. The van der Waals surface area contributed by atoms with Gasteiger partial charge in [0.15, 0.2) is 0 Å². The van der Waals surface area contributed by atoms with E-state index in [2.05, 4.69) is 25.4 Å². The third-order valence-corrected chi connectivity index (χ3v) is 5.20. The van der Waals surface area contributed by atoms with Gasteiger partial charge in [-0.15, -0.1) is 0 Å². The molecule has 128 valence electrons. The van der Waals surface area contributed by atoms with Gasteiger partial charge in [-0.25, -0.2) is 4.98 Å². The Morgan fingerprint density at radius 1 is 1.26 bits per heavy atom. The highest BCUT2D eigenvalue weighted by atomic mass is 16.2. The van der Waals surface area contributed by atoms with Gasteiger partial charge < -0.3 is 5.32 Å². The molecule has 6 heteroatoms. The maximum absolute atomic E-state index is 12.6. The molecule has 0 radical (unpaired) electrons. The van der Waals surface area contributed by atoms with Gasteiger partial charge in [0.25, 0.3) is 0 Å². The Kier molecular flexibility index (Phi) is 5.65. The quantitative estimate of drug-likeness (QED) is 0.841. The Hall–Kier alpha value is -1.43. The van der Waals surface area contributed by atoms with E-state index in [1.165, 1.54) is 32.1 Å². The van der Waals surface area contributed by atoms with E-state index in [9.17, 15) is 4.79 Å². The smallest absolute Gasteiger partial charge is 0.237 e. The molecule has 6 nitrogen and oxygen atoms in total. The summed E-state index contributed by atoms with van der Waals surface area (Å²) >= 11 is 0. The van der Waals surface area contributed by atoms with Crippen molar-refractivity contribution in [2.24, 2.45) is 5.92 Å². The lowest BCUT2D eigenvalue weighted by molar-refractivity contribution is -0.125. The molecule has 1 aliphatic heterocycles. The van der Waals surface area contributed by atoms with Crippen molar-refractivity contribution in [3.05, 3.63) is 11.6 Å². The van der Waals surface area contributed by atoms with Crippen LogP contribution in [0, 0.1) is 5.92 Å². The fourth-order valence-corrected chi connectivity index (χ4v) is 3.82. The number of aromatic nitrogens is 3. The van der Waals surface area contributed by atoms with Gasteiger partial charge in [-0.05, 0) is 38.1 Å². The third kappa shape index (κ3) is 4.31. The average molecular weight is 319 g/mol. The molecule has 0 aromatic carbocycles. The molecular formula is C17H29N5O. The lowest BCUT2D eigenvalue weighted by Crippen LogP contribution is -2.44. The van der Waals surface area contributed by atoms with Crippen LogP contribution >= 0.6 is 0 Å². The van der Waals surface area contributed by atoms with Crippen LogP contribution in [0.25, 0.3) is 0 Å². The second kappa shape index (κ2) is 7.90. The van der Waals surface area contributed by atoms with Crippen LogP contribution < -0.4 is 5.32 Å². The van der Waals surface area contributed by atoms with E-state index in [0.717, 1.165) is 44.0 Å². The van der Waals surface area contributed by atoms with E-state index < -0.39 is 0 Å². The molecule has 1 amide bonds. The summed E-state index contributed by atoms with van der Waals surface area (Å²) in [4.78, 5) is 19.2. The molecule has 3 rings (SSSR count). The number of hydrogen-bond donors (Lipinski definition) is 2. The molecule has 1 saturated carbocycles. The Labute approximate surface area is 138 Å². The number of H-pyrrole nitrogens is 1. The highest BCUT2D eigenvalue weighted by Gasteiger charge is 2.31. The van der Waals surface area contributed by atoms with Crippen molar-refractivity contribution in [1.29, 1.82) is 0 Å². The van der Waals surface area contributed by atoms with Crippen LogP contribution in [-0.2, 0) is 17.8 Å². The fourth-order valence-electron chi connectivity index (χ4n) is 3.82. The summed E-state index contributed by atoms with van der Waals surface area (Å²) < 4.78 is 0. The molecule has 2 heterocycles. The zero-order valence-corrected chi connectivity index (χ0v) is 14.2. The lowest BCUT2D eigenvalue weighted by atomic mass is 9.89. The predicted molar refractivity (Wildman–Crippen MR) is 88.8 cm³/mol. The topological polar surface area (TPSA) is 73.9 Å². The second-order valence-electron chi connectivity index (χ2n) is 6.93. The number of aryl methyl sites for hydroxylation is 1. The van der Waals surface area contributed by atoms with Crippen molar-refractivity contribution in [3.8, 4) is 0 Å². The molecule has 0 spiro atoms. The zero-order chi connectivity index (χ0) is 16.1. The van der Waals surface area contributed by atoms with Crippen LogP contribution in [0.4, 0.5) is 0 Å². The Balaban J connectivity index is 1.49. The number of hydrogen-bond acceptors (Lipinski definition) is 4. The van der Waals surface area contributed by atoms with Crippen molar-refractivity contribution >= 4 is 5.91 Å². The third-order valence-electron chi connectivity index (χ3n) is 5.20. The van der Waals surface area contributed by atoms with Crippen LogP contribution in [-0.4, -0.2) is 45.1 Å². The van der Waals surface area contributed by atoms with E-state index in [1.807, 2.05) is 6.92 Å². The molecule has 1 aromatic heterocycles. The molecule has 1 aliphatic carbocycles. The highest BCUT2D eigenvalue weighted by molar-refractivity contribution is 5.82. The van der Waals surface area contributed by atoms with Gasteiger partial charge in [-0.2, -0.15) is 5.10 Å². The average Bonchev–Trinajstić information content (AvgIpc) is 3.23. The standard InChI is InChI=1S/C17H29N5O/c1-2-15-19-16(21-20-15)12-22-10-6-9-14(22)17(23)18-11-13-7-4-3-5-8-13/h13-14H,2-12H2,1H3,(H,18,23)(H,19,20,21)/t14-/m0/s1. The maximum Gasteiger partial charge on any atom is 0.237 e. The Bertz CT molecular complexity index is 509. The summed E-state index contributed by atoms with van der Waals surface area (Å²) in [6, 6.07) is -0.00577. The minimum atomic E-state index is -0.00577. The maximum atomic E-state index is 12.6. The molecule has 2 aliphatic rings. The summed E-state index contributed by atoms with van der Waals surface area (Å²) in [5.41, 5.74) is 0. The fraction of sp³-hybridized carbons (Fsp3) is 0.824. The number of carbonyl (C=O) groups is 1. The first-order valence-electron chi connectivity index (χ1n) is 9.18. The molecule has 1 aromatic rings. The number of nitrogens with one attached hydrogen (secondary N) is 2. The molecular weight excluding hydrogens is 290 g/mol. The molecule has 1 saturated heterocycles. The molecule has 0 bridgehead atoms. The van der Waals surface area contributed by atoms with E-state index in [0.29, 0.717) is 12.5 Å². The highest BCUT2D eigenvalue weighted by Crippen LogP contribution is 2.23. The molecule has 1 atom stereocenters. The van der Waals surface area contributed by atoms with Crippen molar-refractivity contribution < 1.29 is 4.79 Å². The Morgan fingerprint density at radius 2 is 2.09 bits per heavy atom. The van der Waals surface area contributed by atoms with E-state index in [4.69, 9.17) is 0 Å². The Morgan fingerprint density at radius 3 is 2.83 bits per heavy atom. The predicted octanol–water partition coefficient (Wildman–Crippen LogP) is 2.03. The molecule has 0 unspecified atom stereocenters. The summed E-state index contributed by atoms with van der Waals surface area (Å²) in [5, 5.41) is 10.4. The summed E-state index contributed by atoms with van der Waals surface area (Å²) in [6.45, 7) is 4.55. The largest absolute Gasteiger partial charge is 0.354 e. The van der Waals surface area contributed by atoms with E-state index in [-0.39, 0.29) is 11.9 Å². The first kappa shape index (κ1) is 16.4. The normalized spacial score (nSPS) is 23.3. The van der Waals surface area contributed by atoms with Crippen LogP contribution in [0.3, 0.4) is 0 Å². The van der Waals surface area contributed by atoms with Gasteiger partial charge in [-0.3, -0.25) is 14.8 Å². The summed E-state index contributed by atoms with van der Waals surface area (Å²) in [5.74, 6) is 2.60. The van der Waals surface area contributed by atoms with Crippen LogP contribution in [0.2, 0.25) is 0 Å². The van der Waals surface area contributed by atoms with Crippen molar-refractivity contribution in [3.63, 3.8) is 0 Å². The van der Waals surface area contributed by atoms with Gasteiger partial charge in [-0.1, -0.05) is 26.2 Å². The van der Waals surface area contributed by atoms with Gasteiger partial charge >= 0.3 is 0 Å². The van der Waals surface area contributed by atoms with Gasteiger partial charge in [0.1, 0.15) is 11.6 Å². The first-order chi connectivity index (χ1) is 11.3. The van der Waals surface area contributed by atoms with Crippen LogP contribution in [0.15, 0.2) is 0 Å². The SMILES string of the molecule is CCc1n[nH]c(CN2CCC[C@H]2C(=O)NCC2CCCCC2)n1. The molecule has 23 heavy (non-hydrogen) atoms. The van der Waals surface area contributed by atoms with Gasteiger partial charge in [0, 0.05) is 13.0 Å². The number of rotatable bonds is 6. The number of nitrogens with zero attached hydrogens (tertiary/aromatic N) is 3. The first-order valence-corrected chi connectivity index (χ1v) is 9.18. The van der Waals surface area contributed by atoms with Gasteiger partial charge in [0.2, 0.25) is 5.91 Å². The minimum Gasteiger partial charge on any atom is -0.354 e. The van der Waals surface area contributed by atoms with Crippen molar-refractivity contribution in [2.75, 3.05) is 13.1 Å². The van der Waals surface area contributed by atoms with Gasteiger partial charge in [0.05, 0.1) is 12.6 Å². The number of likely N-dealkylation sites (tertiary alicyclic amines) is 1. The lowest BCUT2D eigenvalue weighted by Gasteiger charge is -2.25. The van der Waals surface area contributed by atoms with Crippen LogP contribution in [0.5, 0.6) is 0 Å². The summed E-state index contributed by atoms with van der Waals surface area (Å²) in [7, 11) is 0. The van der Waals surface area contributed by atoms with Crippen LogP contribution in [0.1, 0.15) is 63.5 Å². The second-order valence-corrected chi connectivity index (χ2v) is 6.93. The van der Waals surface area contributed by atoms with E-state index in [1.54, 1.807) is 0 Å². The molecule has 2 fully saturated rings. The molecule has 2 N–H and O–H groups in total. The number of carbonyl (C=O) groups excluding carboxylic acids is 1. The zero-order valence-electron chi connectivity index (χ0n) is 14.2. The minimum absolute atomic E-state index is 0.00577. The monoisotopic (exact) mass is 319 g/mol. The van der Waals surface area contributed by atoms with Crippen molar-refractivity contribution in [1.82, 2.24) is 25.4 Å². The van der Waals surface area contributed by atoms with E-state index >= 15 is 0 Å². The number of aromatic amines is 1. The number of amides is 1. The van der Waals surface area contributed by atoms with Crippen molar-refractivity contribution in [2.45, 2.75) is 70.9 Å².